The average molecular weight is 257 g/mol. The van der Waals surface area contributed by atoms with Crippen LogP contribution in [0.25, 0.3) is 0 Å². The van der Waals surface area contributed by atoms with Gasteiger partial charge >= 0.3 is 12.0 Å². The lowest BCUT2D eigenvalue weighted by Gasteiger charge is -2.31. The van der Waals surface area contributed by atoms with E-state index in [2.05, 4.69) is 11.9 Å². The predicted molar refractivity (Wildman–Crippen MR) is 68.5 cm³/mol. The number of likely N-dealkylation sites (tertiary alicyclic amines) is 1. The van der Waals surface area contributed by atoms with Crippen LogP contribution in [0.3, 0.4) is 0 Å². The van der Waals surface area contributed by atoms with Gasteiger partial charge in [0.2, 0.25) is 0 Å². The first-order chi connectivity index (χ1) is 8.34. The first-order valence-corrected chi connectivity index (χ1v) is 6.25. The number of likely N-dealkylation sites (N-methyl/N-ethyl adjacent to an activating group) is 3. The largest absolute Gasteiger partial charge is 0.480 e. The molecule has 2 amide bonds. The molecule has 6 nitrogen and oxygen atoms in total. The Kier molecular flexibility index (Phi) is 4.95. The molecule has 2 unspecified atom stereocenters. The van der Waals surface area contributed by atoms with E-state index >= 15 is 0 Å². The highest BCUT2D eigenvalue weighted by atomic mass is 16.4. The molecule has 0 aromatic carbocycles. The van der Waals surface area contributed by atoms with Crippen LogP contribution < -0.4 is 0 Å². The predicted octanol–water partition coefficient (Wildman–Crippen LogP) is 0.537. The van der Waals surface area contributed by atoms with Crippen molar-refractivity contribution in [2.45, 2.75) is 31.8 Å². The maximum Gasteiger partial charge on any atom is 0.326 e. The van der Waals surface area contributed by atoms with E-state index in [9.17, 15) is 9.59 Å². The monoisotopic (exact) mass is 257 g/mol. The number of rotatable bonds is 4. The molecule has 1 heterocycles. The van der Waals surface area contributed by atoms with E-state index in [1.165, 1.54) is 18.9 Å². The van der Waals surface area contributed by atoms with Gasteiger partial charge in [0.25, 0.3) is 0 Å². The third kappa shape index (κ3) is 3.35. The molecule has 2 atom stereocenters. The molecule has 0 aromatic rings. The smallest absolute Gasteiger partial charge is 0.326 e. The molecule has 0 saturated carbocycles. The zero-order chi connectivity index (χ0) is 13.9. The minimum atomic E-state index is -0.989. The molecule has 0 aliphatic carbocycles. The third-order valence-corrected chi connectivity index (χ3v) is 3.72. The van der Waals surface area contributed by atoms with Crippen molar-refractivity contribution in [1.82, 2.24) is 14.7 Å². The lowest BCUT2D eigenvalue weighted by Crippen LogP contribution is -2.49. The molecule has 0 spiro atoms. The van der Waals surface area contributed by atoms with E-state index < -0.39 is 12.0 Å². The SMILES string of the molecule is CC(C(=O)O)N(C)C(=O)N(C)CC1CCCN1C. The van der Waals surface area contributed by atoms with Crippen molar-refractivity contribution in [3.8, 4) is 0 Å². The first-order valence-electron chi connectivity index (χ1n) is 6.25. The minimum absolute atomic E-state index is 0.245. The number of carbonyl (C=O) groups is 2. The zero-order valence-corrected chi connectivity index (χ0v) is 11.6. The van der Waals surface area contributed by atoms with E-state index in [1.807, 2.05) is 0 Å². The first kappa shape index (κ1) is 14.8. The highest BCUT2D eigenvalue weighted by Crippen LogP contribution is 2.16. The van der Waals surface area contributed by atoms with E-state index in [0.717, 1.165) is 19.4 Å². The van der Waals surface area contributed by atoms with Crippen molar-refractivity contribution in [2.24, 2.45) is 0 Å². The maximum absolute atomic E-state index is 12.1. The normalized spacial score (nSPS) is 21.7. The summed E-state index contributed by atoms with van der Waals surface area (Å²) in [5, 5.41) is 8.89. The molecule has 1 saturated heterocycles. The second kappa shape index (κ2) is 6.04. The lowest BCUT2D eigenvalue weighted by atomic mass is 10.2. The Labute approximate surface area is 108 Å². The van der Waals surface area contributed by atoms with E-state index in [-0.39, 0.29) is 6.03 Å². The van der Waals surface area contributed by atoms with Crippen LogP contribution in [0.5, 0.6) is 0 Å². The van der Waals surface area contributed by atoms with Crippen LogP contribution in [0.2, 0.25) is 0 Å². The van der Waals surface area contributed by atoms with Gasteiger partial charge in [-0.1, -0.05) is 0 Å². The van der Waals surface area contributed by atoms with Gasteiger partial charge in [0.05, 0.1) is 0 Å². The van der Waals surface area contributed by atoms with Crippen LogP contribution in [0.15, 0.2) is 0 Å². The molecule has 6 heteroatoms. The van der Waals surface area contributed by atoms with Crippen LogP contribution >= 0.6 is 0 Å². The highest BCUT2D eigenvalue weighted by Gasteiger charge is 2.28. The van der Waals surface area contributed by atoms with Gasteiger partial charge in [-0.15, -0.1) is 0 Å². The number of hydrogen-bond donors (Lipinski definition) is 1. The summed E-state index contributed by atoms with van der Waals surface area (Å²) in [6.45, 7) is 3.22. The number of nitrogens with zero attached hydrogens (tertiary/aromatic N) is 3. The fourth-order valence-electron chi connectivity index (χ4n) is 2.20. The van der Waals surface area contributed by atoms with Crippen LogP contribution in [-0.2, 0) is 4.79 Å². The van der Waals surface area contributed by atoms with Gasteiger partial charge in [-0.3, -0.25) is 0 Å². The number of carboxylic acids is 1. The van der Waals surface area contributed by atoms with Gasteiger partial charge in [0.15, 0.2) is 0 Å². The average Bonchev–Trinajstić information content (AvgIpc) is 2.71. The quantitative estimate of drug-likeness (QED) is 0.798. The summed E-state index contributed by atoms with van der Waals surface area (Å²) in [5.41, 5.74) is 0. The molecular weight excluding hydrogens is 234 g/mol. The lowest BCUT2D eigenvalue weighted by molar-refractivity contribution is -0.141. The zero-order valence-electron chi connectivity index (χ0n) is 11.6. The maximum atomic E-state index is 12.1. The van der Waals surface area contributed by atoms with Crippen molar-refractivity contribution in [2.75, 3.05) is 34.2 Å². The van der Waals surface area contributed by atoms with Gasteiger partial charge in [0.1, 0.15) is 6.04 Å². The molecule has 104 valence electrons. The summed E-state index contributed by atoms with van der Waals surface area (Å²) in [6, 6.07) is -0.668. The van der Waals surface area contributed by atoms with Crippen molar-refractivity contribution < 1.29 is 14.7 Å². The van der Waals surface area contributed by atoms with Gasteiger partial charge in [-0.25, -0.2) is 9.59 Å². The Hall–Kier alpha value is -1.30. The second-order valence-corrected chi connectivity index (χ2v) is 5.06. The highest BCUT2D eigenvalue weighted by molar-refractivity contribution is 5.82. The van der Waals surface area contributed by atoms with E-state index in [0.29, 0.717) is 12.6 Å². The summed E-state index contributed by atoms with van der Waals surface area (Å²) in [5.74, 6) is -0.989. The van der Waals surface area contributed by atoms with Crippen LogP contribution in [0.1, 0.15) is 19.8 Å². The Morgan fingerprint density at radius 3 is 2.50 bits per heavy atom. The number of aliphatic carboxylic acids is 1. The Bertz CT molecular complexity index is 322. The molecule has 1 N–H and O–H groups in total. The summed E-state index contributed by atoms with van der Waals surface area (Å²) in [4.78, 5) is 28.0. The van der Waals surface area contributed by atoms with E-state index in [1.54, 1.807) is 11.9 Å². The van der Waals surface area contributed by atoms with Gasteiger partial charge in [0, 0.05) is 26.7 Å². The Morgan fingerprint density at radius 1 is 1.44 bits per heavy atom. The standard InChI is InChI=1S/C12H23N3O3/c1-9(11(16)17)15(4)12(18)14(3)8-10-6-5-7-13(10)2/h9-10H,5-8H2,1-4H3,(H,16,17). The fourth-order valence-corrected chi connectivity index (χ4v) is 2.20. The summed E-state index contributed by atoms with van der Waals surface area (Å²) in [6.07, 6.45) is 2.25. The summed E-state index contributed by atoms with van der Waals surface area (Å²) >= 11 is 0. The Balaban J connectivity index is 2.52. The molecule has 1 aliphatic rings. The topological polar surface area (TPSA) is 64.1 Å². The van der Waals surface area contributed by atoms with Gasteiger partial charge < -0.3 is 19.8 Å². The van der Waals surface area contributed by atoms with Crippen LogP contribution in [0.4, 0.5) is 4.79 Å². The second-order valence-electron chi connectivity index (χ2n) is 5.06. The van der Waals surface area contributed by atoms with Crippen LogP contribution in [-0.4, -0.2) is 78.1 Å². The fraction of sp³-hybridized carbons (Fsp3) is 0.833. The molecule has 1 rings (SSSR count). The molecular formula is C12H23N3O3. The minimum Gasteiger partial charge on any atom is -0.480 e. The molecule has 1 fully saturated rings. The number of hydrogen-bond acceptors (Lipinski definition) is 3. The number of amides is 2. The molecule has 18 heavy (non-hydrogen) atoms. The number of carbonyl (C=O) groups excluding carboxylic acids is 1. The molecule has 1 aliphatic heterocycles. The molecule has 0 aromatic heterocycles. The third-order valence-electron chi connectivity index (χ3n) is 3.72. The summed E-state index contributed by atoms with van der Waals surface area (Å²) < 4.78 is 0. The van der Waals surface area contributed by atoms with Crippen molar-refractivity contribution in [3.63, 3.8) is 0 Å². The van der Waals surface area contributed by atoms with Gasteiger partial charge in [-0.2, -0.15) is 0 Å². The molecule has 0 bridgehead atoms. The van der Waals surface area contributed by atoms with Gasteiger partial charge in [-0.05, 0) is 33.4 Å². The van der Waals surface area contributed by atoms with Crippen molar-refractivity contribution >= 4 is 12.0 Å². The van der Waals surface area contributed by atoms with E-state index in [4.69, 9.17) is 5.11 Å². The molecule has 0 radical (unpaired) electrons. The van der Waals surface area contributed by atoms with Crippen molar-refractivity contribution in [1.29, 1.82) is 0 Å². The van der Waals surface area contributed by atoms with Crippen molar-refractivity contribution in [3.05, 3.63) is 0 Å². The Morgan fingerprint density at radius 2 is 2.06 bits per heavy atom. The number of carboxylic acid groups (broad SMARTS) is 1. The summed E-state index contributed by atoms with van der Waals surface area (Å²) in [7, 11) is 5.30. The number of urea groups is 1. The van der Waals surface area contributed by atoms with Crippen LogP contribution in [0, 0.1) is 0 Å².